The third-order valence-electron chi connectivity index (χ3n) is 1.79. The lowest BCUT2D eigenvalue weighted by atomic mass is 10.3. The van der Waals surface area contributed by atoms with E-state index in [-0.39, 0.29) is 0 Å². The van der Waals surface area contributed by atoms with Gasteiger partial charge >= 0.3 is 0 Å². The van der Waals surface area contributed by atoms with Gasteiger partial charge in [0.1, 0.15) is 0 Å². The second-order valence-corrected chi connectivity index (χ2v) is 2.79. The van der Waals surface area contributed by atoms with Gasteiger partial charge in [0.15, 0.2) is 0 Å². The molecule has 1 unspecified atom stereocenters. The van der Waals surface area contributed by atoms with Crippen molar-refractivity contribution in [2.75, 3.05) is 27.3 Å². The standard InChI is InChI=1S/C6H14N2/c1-6-4-7(2)5-8(6)3/h6H,4-5H2,1-3H3. The molecular formula is C6H14N2. The van der Waals surface area contributed by atoms with E-state index in [0.29, 0.717) is 0 Å². The Kier molecular flexibility index (Phi) is 1.54. The van der Waals surface area contributed by atoms with Gasteiger partial charge in [0.05, 0.1) is 6.67 Å². The van der Waals surface area contributed by atoms with Crippen LogP contribution in [0.3, 0.4) is 0 Å². The highest BCUT2D eigenvalue weighted by Gasteiger charge is 2.19. The van der Waals surface area contributed by atoms with Crippen LogP contribution in [0.1, 0.15) is 6.92 Å². The zero-order valence-corrected chi connectivity index (χ0v) is 5.89. The topological polar surface area (TPSA) is 6.48 Å². The number of hydrogen-bond acceptors (Lipinski definition) is 2. The Morgan fingerprint density at radius 1 is 1.38 bits per heavy atom. The van der Waals surface area contributed by atoms with Crippen molar-refractivity contribution in [1.29, 1.82) is 0 Å². The molecule has 0 aromatic carbocycles. The number of rotatable bonds is 0. The van der Waals surface area contributed by atoms with Crippen molar-refractivity contribution in [2.24, 2.45) is 0 Å². The number of nitrogens with zero attached hydrogens (tertiary/aromatic N) is 2. The van der Waals surface area contributed by atoms with Gasteiger partial charge in [-0.15, -0.1) is 0 Å². The molecule has 0 aliphatic carbocycles. The normalized spacial score (nSPS) is 34.1. The minimum Gasteiger partial charge on any atom is -0.292 e. The van der Waals surface area contributed by atoms with Crippen molar-refractivity contribution in [3.63, 3.8) is 0 Å². The van der Waals surface area contributed by atoms with Gasteiger partial charge in [-0.1, -0.05) is 0 Å². The van der Waals surface area contributed by atoms with Crippen molar-refractivity contribution in [3.05, 3.63) is 0 Å². The molecule has 1 aliphatic rings. The fourth-order valence-corrected chi connectivity index (χ4v) is 1.17. The van der Waals surface area contributed by atoms with E-state index in [1.54, 1.807) is 0 Å². The van der Waals surface area contributed by atoms with Crippen molar-refractivity contribution < 1.29 is 0 Å². The molecule has 1 saturated heterocycles. The Hall–Kier alpha value is -0.0800. The second kappa shape index (κ2) is 2.03. The lowest BCUT2D eigenvalue weighted by Gasteiger charge is -2.10. The lowest BCUT2D eigenvalue weighted by molar-refractivity contribution is 0.294. The summed E-state index contributed by atoms with van der Waals surface area (Å²) in [6.07, 6.45) is 0. The van der Waals surface area contributed by atoms with E-state index in [2.05, 4.69) is 30.8 Å². The summed E-state index contributed by atoms with van der Waals surface area (Å²) < 4.78 is 0. The second-order valence-electron chi connectivity index (χ2n) is 2.79. The Labute approximate surface area is 51.1 Å². The average molecular weight is 114 g/mol. The van der Waals surface area contributed by atoms with Crippen LogP contribution in [0.4, 0.5) is 0 Å². The largest absolute Gasteiger partial charge is 0.292 e. The molecule has 1 heterocycles. The van der Waals surface area contributed by atoms with Crippen molar-refractivity contribution in [1.82, 2.24) is 9.80 Å². The van der Waals surface area contributed by atoms with Crippen LogP contribution in [-0.4, -0.2) is 43.2 Å². The summed E-state index contributed by atoms with van der Waals surface area (Å²) in [6, 6.07) is 0.750. The van der Waals surface area contributed by atoms with Crippen LogP contribution in [0, 0.1) is 0 Å². The highest BCUT2D eigenvalue weighted by atomic mass is 15.4. The van der Waals surface area contributed by atoms with Gasteiger partial charge in [0.25, 0.3) is 0 Å². The summed E-state index contributed by atoms with van der Waals surface area (Å²) in [5.74, 6) is 0. The minimum absolute atomic E-state index is 0.750. The molecule has 0 spiro atoms. The predicted molar refractivity (Wildman–Crippen MR) is 34.7 cm³/mol. The molecular weight excluding hydrogens is 100 g/mol. The molecule has 0 amide bonds. The maximum absolute atomic E-state index is 2.35. The van der Waals surface area contributed by atoms with E-state index in [0.717, 1.165) is 12.7 Å². The lowest BCUT2D eigenvalue weighted by Crippen LogP contribution is -2.22. The van der Waals surface area contributed by atoms with Gasteiger partial charge in [-0.05, 0) is 21.0 Å². The molecule has 1 fully saturated rings. The molecule has 0 radical (unpaired) electrons. The van der Waals surface area contributed by atoms with Crippen molar-refractivity contribution >= 4 is 0 Å². The smallest absolute Gasteiger partial charge is 0.0504 e. The van der Waals surface area contributed by atoms with E-state index in [1.165, 1.54) is 6.54 Å². The SMILES string of the molecule is CC1CN(C)CN1C. The van der Waals surface area contributed by atoms with Gasteiger partial charge in [0.2, 0.25) is 0 Å². The van der Waals surface area contributed by atoms with E-state index in [9.17, 15) is 0 Å². The van der Waals surface area contributed by atoms with Gasteiger partial charge < -0.3 is 0 Å². The highest BCUT2D eigenvalue weighted by molar-refractivity contribution is 4.73. The maximum Gasteiger partial charge on any atom is 0.0504 e. The van der Waals surface area contributed by atoms with Crippen LogP contribution < -0.4 is 0 Å². The Balaban J connectivity index is 2.39. The first kappa shape index (κ1) is 6.05. The van der Waals surface area contributed by atoms with E-state index >= 15 is 0 Å². The van der Waals surface area contributed by atoms with Gasteiger partial charge in [0, 0.05) is 12.6 Å². The monoisotopic (exact) mass is 114 g/mol. The van der Waals surface area contributed by atoms with Gasteiger partial charge in [-0.2, -0.15) is 0 Å². The van der Waals surface area contributed by atoms with Crippen LogP contribution in [0.15, 0.2) is 0 Å². The summed E-state index contributed by atoms with van der Waals surface area (Å²) in [5, 5.41) is 0. The van der Waals surface area contributed by atoms with Crippen molar-refractivity contribution in [2.45, 2.75) is 13.0 Å². The van der Waals surface area contributed by atoms with Crippen molar-refractivity contribution in [3.8, 4) is 0 Å². The van der Waals surface area contributed by atoms with Crippen LogP contribution in [0.2, 0.25) is 0 Å². The molecule has 0 saturated carbocycles. The number of hydrogen-bond donors (Lipinski definition) is 0. The summed E-state index contributed by atoms with van der Waals surface area (Å²) in [4.78, 5) is 4.67. The average Bonchev–Trinajstić information content (AvgIpc) is 1.85. The molecule has 2 heteroatoms. The Morgan fingerprint density at radius 2 is 2.00 bits per heavy atom. The van der Waals surface area contributed by atoms with Gasteiger partial charge in [-0.3, -0.25) is 9.80 Å². The molecule has 1 atom stereocenters. The summed E-state index contributed by atoms with van der Waals surface area (Å²) in [5.41, 5.74) is 0. The fourth-order valence-electron chi connectivity index (χ4n) is 1.17. The third kappa shape index (κ3) is 1.01. The zero-order chi connectivity index (χ0) is 6.15. The molecule has 0 aromatic heterocycles. The first-order valence-corrected chi connectivity index (χ1v) is 3.09. The molecule has 1 rings (SSSR count). The minimum atomic E-state index is 0.750. The fraction of sp³-hybridized carbons (Fsp3) is 1.00. The highest BCUT2D eigenvalue weighted by Crippen LogP contribution is 2.05. The van der Waals surface area contributed by atoms with Crippen LogP contribution >= 0.6 is 0 Å². The summed E-state index contributed by atoms with van der Waals surface area (Å²) in [7, 11) is 4.31. The molecule has 0 aromatic rings. The molecule has 1 aliphatic heterocycles. The van der Waals surface area contributed by atoms with E-state index in [1.807, 2.05) is 0 Å². The molecule has 2 nitrogen and oxygen atoms in total. The predicted octanol–water partition coefficient (Wildman–Crippen LogP) is 0.210. The van der Waals surface area contributed by atoms with E-state index < -0.39 is 0 Å². The quantitative estimate of drug-likeness (QED) is 0.444. The third-order valence-corrected chi connectivity index (χ3v) is 1.79. The summed E-state index contributed by atoms with van der Waals surface area (Å²) in [6.45, 7) is 4.60. The van der Waals surface area contributed by atoms with Crippen LogP contribution in [0.25, 0.3) is 0 Å². The Bertz CT molecular complexity index is 72.6. The Morgan fingerprint density at radius 3 is 2.12 bits per heavy atom. The molecule has 8 heavy (non-hydrogen) atoms. The first-order chi connectivity index (χ1) is 3.70. The number of likely N-dealkylation sites (N-methyl/N-ethyl adjacent to an activating group) is 2. The molecule has 0 bridgehead atoms. The molecule has 0 N–H and O–H groups in total. The van der Waals surface area contributed by atoms with E-state index in [4.69, 9.17) is 0 Å². The maximum atomic E-state index is 2.35. The summed E-state index contributed by atoms with van der Waals surface area (Å²) >= 11 is 0. The zero-order valence-electron chi connectivity index (χ0n) is 5.89. The molecule has 48 valence electrons. The van der Waals surface area contributed by atoms with Crippen LogP contribution in [-0.2, 0) is 0 Å². The van der Waals surface area contributed by atoms with Crippen LogP contribution in [0.5, 0.6) is 0 Å². The van der Waals surface area contributed by atoms with Gasteiger partial charge in [-0.25, -0.2) is 0 Å². The first-order valence-electron chi connectivity index (χ1n) is 3.09.